The number of benzene rings is 1. The second kappa shape index (κ2) is 12.2. The Bertz CT molecular complexity index is 527. The van der Waals surface area contributed by atoms with Gasteiger partial charge in [0.25, 0.3) is 0 Å². The van der Waals surface area contributed by atoms with Crippen molar-refractivity contribution in [1.29, 1.82) is 0 Å². The van der Waals surface area contributed by atoms with Gasteiger partial charge in [-0.25, -0.2) is 0 Å². The van der Waals surface area contributed by atoms with Gasteiger partial charge in [-0.05, 0) is 38.0 Å². The van der Waals surface area contributed by atoms with E-state index in [2.05, 4.69) is 28.8 Å². The van der Waals surface area contributed by atoms with Gasteiger partial charge in [0.05, 0.1) is 25.9 Å². The highest BCUT2D eigenvalue weighted by atomic mass is 32.2. The van der Waals surface area contributed by atoms with Gasteiger partial charge in [0.2, 0.25) is 0 Å². The SMILES string of the molecule is CCNC(=NCC(O)COCc1ccccc1)NC1CCCC(SC)C1. The summed E-state index contributed by atoms with van der Waals surface area (Å²) in [6.45, 7) is 4.00. The Hall–Kier alpha value is -1.24. The molecular weight excluding hydrogens is 346 g/mol. The van der Waals surface area contributed by atoms with Crippen molar-refractivity contribution in [2.24, 2.45) is 4.99 Å². The number of nitrogens with zero attached hydrogens (tertiary/aromatic N) is 1. The molecule has 5 nitrogen and oxygen atoms in total. The lowest BCUT2D eigenvalue weighted by Crippen LogP contribution is -2.46. The summed E-state index contributed by atoms with van der Waals surface area (Å²) in [6, 6.07) is 10.5. The van der Waals surface area contributed by atoms with Gasteiger partial charge < -0.3 is 20.5 Å². The molecule has 146 valence electrons. The van der Waals surface area contributed by atoms with E-state index >= 15 is 0 Å². The van der Waals surface area contributed by atoms with Crippen LogP contribution in [-0.4, -0.2) is 54.4 Å². The van der Waals surface area contributed by atoms with Gasteiger partial charge in [0, 0.05) is 17.8 Å². The van der Waals surface area contributed by atoms with Crippen molar-refractivity contribution in [1.82, 2.24) is 10.6 Å². The molecule has 0 aromatic heterocycles. The lowest BCUT2D eigenvalue weighted by Gasteiger charge is -2.30. The van der Waals surface area contributed by atoms with Gasteiger partial charge in [-0.3, -0.25) is 4.99 Å². The Labute approximate surface area is 162 Å². The van der Waals surface area contributed by atoms with Gasteiger partial charge in [-0.2, -0.15) is 11.8 Å². The van der Waals surface area contributed by atoms with E-state index < -0.39 is 6.10 Å². The lowest BCUT2D eigenvalue weighted by molar-refractivity contribution is 0.0331. The molecule has 0 saturated heterocycles. The van der Waals surface area contributed by atoms with Crippen LogP contribution in [0.25, 0.3) is 0 Å². The highest BCUT2D eigenvalue weighted by molar-refractivity contribution is 7.99. The maximum absolute atomic E-state index is 10.1. The fourth-order valence-corrected chi connectivity index (χ4v) is 3.97. The highest BCUT2D eigenvalue weighted by Crippen LogP contribution is 2.26. The molecule has 0 spiro atoms. The molecule has 0 bridgehead atoms. The average molecular weight is 380 g/mol. The third-order valence-corrected chi connectivity index (χ3v) is 5.62. The summed E-state index contributed by atoms with van der Waals surface area (Å²) < 4.78 is 5.59. The van der Waals surface area contributed by atoms with Crippen molar-refractivity contribution in [2.75, 3.05) is 26.0 Å². The van der Waals surface area contributed by atoms with Crippen LogP contribution in [0.5, 0.6) is 0 Å². The summed E-state index contributed by atoms with van der Waals surface area (Å²) in [5, 5.41) is 17.7. The van der Waals surface area contributed by atoms with Gasteiger partial charge in [-0.15, -0.1) is 0 Å². The zero-order chi connectivity index (χ0) is 18.6. The van der Waals surface area contributed by atoms with Crippen LogP contribution in [0.1, 0.15) is 38.2 Å². The molecule has 0 aliphatic heterocycles. The predicted octanol–water partition coefficient (Wildman–Crippen LogP) is 2.79. The fraction of sp³-hybridized carbons (Fsp3) is 0.650. The number of hydrogen-bond acceptors (Lipinski definition) is 4. The number of guanidine groups is 1. The Morgan fingerprint density at radius 1 is 1.35 bits per heavy atom. The maximum atomic E-state index is 10.1. The van der Waals surface area contributed by atoms with E-state index in [-0.39, 0.29) is 6.61 Å². The number of thioether (sulfide) groups is 1. The standard InChI is InChI=1S/C20H33N3O2S/c1-3-21-20(23-17-10-7-11-19(12-17)26-2)22-13-18(24)15-25-14-16-8-5-4-6-9-16/h4-6,8-9,17-19,24H,3,7,10-15H2,1-2H3,(H2,21,22,23). The molecule has 26 heavy (non-hydrogen) atoms. The zero-order valence-electron chi connectivity index (χ0n) is 16.0. The number of nitrogens with one attached hydrogen (secondary N) is 2. The number of hydrogen-bond donors (Lipinski definition) is 3. The molecule has 1 aliphatic rings. The Morgan fingerprint density at radius 2 is 2.15 bits per heavy atom. The Balaban J connectivity index is 1.74. The lowest BCUT2D eigenvalue weighted by atomic mass is 9.95. The third-order valence-electron chi connectivity index (χ3n) is 4.53. The second-order valence-electron chi connectivity index (χ2n) is 6.74. The largest absolute Gasteiger partial charge is 0.389 e. The number of aliphatic hydroxyl groups is 1. The van der Waals surface area contributed by atoms with Crippen molar-refractivity contribution < 1.29 is 9.84 Å². The van der Waals surface area contributed by atoms with Gasteiger partial charge >= 0.3 is 0 Å². The van der Waals surface area contributed by atoms with E-state index in [1.807, 2.05) is 42.1 Å². The molecule has 6 heteroatoms. The first-order valence-corrected chi connectivity index (χ1v) is 10.9. The molecule has 2 rings (SSSR count). The molecule has 0 radical (unpaired) electrons. The van der Waals surface area contributed by atoms with Crippen LogP contribution in [0.2, 0.25) is 0 Å². The minimum Gasteiger partial charge on any atom is -0.389 e. The van der Waals surface area contributed by atoms with Crippen LogP contribution in [0.15, 0.2) is 35.3 Å². The summed E-state index contributed by atoms with van der Waals surface area (Å²) in [5.41, 5.74) is 1.11. The Kier molecular flexibility index (Phi) is 9.89. The average Bonchev–Trinajstić information content (AvgIpc) is 2.67. The second-order valence-corrected chi connectivity index (χ2v) is 7.88. The van der Waals surface area contributed by atoms with Crippen molar-refractivity contribution in [3.8, 4) is 0 Å². The van der Waals surface area contributed by atoms with Crippen LogP contribution < -0.4 is 10.6 Å². The first-order chi connectivity index (χ1) is 12.7. The molecule has 1 aromatic carbocycles. The molecule has 3 N–H and O–H groups in total. The molecule has 3 unspecified atom stereocenters. The molecule has 0 amide bonds. The van der Waals surface area contributed by atoms with E-state index in [4.69, 9.17) is 4.74 Å². The molecule has 1 aromatic rings. The summed E-state index contributed by atoms with van der Waals surface area (Å²) in [5.74, 6) is 0.793. The minimum atomic E-state index is -0.598. The van der Waals surface area contributed by atoms with E-state index in [1.165, 1.54) is 25.7 Å². The zero-order valence-corrected chi connectivity index (χ0v) is 16.8. The first-order valence-electron chi connectivity index (χ1n) is 9.58. The van der Waals surface area contributed by atoms with E-state index in [1.54, 1.807) is 0 Å². The molecule has 1 aliphatic carbocycles. The van der Waals surface area contributed by atoms with Crippen molar-refractivity contribution in [3.63, 3.8) is 0 Å². The quantitative estimate of drug-likeness (QED) is 0.455. The van der Waals surface area contributed by atoms with E-state index in [0.29, 0.717) is 19.2 Å². The molecular formula is C20H33N3O2S. The summed E-state index contributed by atoms with van der Waals surface area (Å²) >= 11 is 1.96. The van der Waals surface area contributed by atoms with Gasteiger partial charge in [-0.1, -0.05) is 36.8 Å². The molecule has 3 atom stereocenters. The first kappa shape index (κ1) is 21.1. The van der Waals surface area contributed by atoms with Crippen LogP contribution in [0.3, 0.4) is 0 Å². The normalized spacial score (nSPS) is 22.0. The maximum Gasteiger partial charge on any atom is 0.191 e. The molecule has 1 saturated carbocycles. The smallest absolute Gasteiger partial charge is 0.191 e. The predicted molar refractivity (Wildman–Crippen MR) is 111 cm³/mol. The minimum absolute atomic E-state index is 0.287. The van der Waals surface area contributed by atoms with E-state index in [0.717, 1.165) is 23.3 Å². The van der Waals surface area contributed by atoms with Crippen molar-refractivity contribution >= 4 is 17.7 Å². The van der Waals surface area contributed by atoms with Crippen LogP contribution in [0, 0.1) is 0 Å². The van der Waals surface area contributed by atoms with Crippen molar-refractivity contribution in [2.45, 2.75) is 56.6 Å². The highest BCUT2D eigenvalue weighted by Gasteiger charge is 2.21. The van der Waals surface area contributed by atoms with Crippen LogP contribution >= 0.6 is 11.8 Å². The summed E-state index contributed by atoms with van der Waals surface area (Å²) in [4.78, 5) is 4.54. The number of aliphatic imine (C=N–C) groups is 1. The topological polar surface area (TPSA) is 65.9 Å². The van der Waals surface area contributed by atoms with Crippen LogP contribution in [-0.2, 0) is 11.3 Å². The third kappa shape index (κ3) is 7.98. The number of rotatable bonds is 9. The van der Waals surface area contributed by atoms with E-state index in [9.17, 15) is 5.11 Å². The van der Waals surface area contributed by atoms with Gasteiger partial charge in [0.15, 0.2) is 5.96 Å². The number of aliphatic hydroxyl groups excluding tert-OH is 1. The molecule has 0 heterocycles. The summed E-state index contributed by atoms with van der Waals surface area (Å²) in [6.07, 6.45) is 6.53. The van der Waals surface area contributed by atoms with Gasteiger partial charge in [0.1, 0.15) is 0 Å². The van der Waals surface area contributed by atoms with Crippen molar-refractivity contribution in [3.05, 3.63) is 35.9 Å². The number of ether oxygens (including phenoxy) is 1. The monoisotopic (exact) mass is 379 g/mol. The molecule has 1 fully saturated rings. The van der Waals surface area contributed by atoms with Crippen LogP contribution in [0.4, 0.5) is 0 Å². The summed E-state index contributed by atoms with van der Waals surface area (Å²) in [7, 11) is 0. The fourth-order valence-electron chi connectivity index (χ4n) is 3.14. The Morgan fingerprint density at radius 3 is 2.88 bits per heavy atom.